The van der Waals surface area contributed by atoms with Crippen LogP contribution in [0.25, 0.3) is 0 Å². The van der Waals surface area contributed by atoms with Crippen molar-refractivity contribution in [2.75, 3.05) is 6.61 Å². The monoisotopic (exact) mass is 403 g/mol. The molecule has 0 amide bonds. The smallest absolute Gasteiger partial charge is 0.344 e. The Balaban J connectivity index is 1.51. The number of hydrogen-bond donors (Lipinski definition) is 0. The molecular formula is C22H29NO6. The minimum Gasteiger partial charge on any atom is -0.457 e. The van der Waals surface area contributed by atoms with Crippen LogP contribution in [0.1, 0.15) is 65.7 Å². The van der Waals surface area contributed by atoms with E-state index in [0.717, 1.165) is 32.1 Å². The summed E-state index contributed by atoms with van der Waals surface area (Å²) < 4.78 is 16.5. The number of nitrogens with zero attached hydrogens (tertiary/aromatic N) is 1. The third-order valence-corrected chi connectivity index (χ3v) is 8.19. The molecule has 1 spiro atoms. The van der Waals surface area contributed by atoms with Crippen LogP contribution in [0, 0.1) is 39.4 Å². The molecule has 7 nitrogen and oxygen atoms in total. The molecule has 5 atom stereocenters. The lowest BCUT2D eigenvalue weighted by molar-refractivity contribution is -0.176. The first-order valence-electron chi connectivity index (χ1n) is 10.7. The van der Waals surface area contributed by atoms with E-state index in [1.54, 1.807) is 13.8 Å². The minimum absolute atomic E-state index is 0.0596. The van der Waals surface area contributed by atoms with Gasteiger partial charge >= 0.3 is 17.9 Å². The fourth-order valence-corrected chi connectivity index (χ4v) is 6.33. The molecule has 0 aromatic carbocycles. The SMILES string of the molecule is CCC(C)(C)C(=O)OCC(=O)OC1C2OC(=O)C3(C#N)C2CC1C31CCCCC1. The summed E-state index contributed by atoms with van der Waals surface area (Å²) in [6.45, 7) is 4.97. The van der Waals surface area contributed by atoms with Gasteiger partial charge in [0.1, 0.15) is 12.2 Å². The van der Waals surface area contributed by atoms with Crippen LogP contribution < -0.4 is 0 Å². The molecule has 4 fully saturated rings. The predicted molar refractivity (Wildman–Crippen MR) is 100.0 cm³/mol. The first-order valence-corrected chi connectivity index (χ1v) is 10.7. The topological polar surface area (TPSA) is 103 Å². The molecule has 0 N–H and O–H groups in total. The number of esters is 3. The Morgan fingerprint density at radius 2 is 1.93 bits per heavy atom. The van der Waals surface area contributed by atoms with Gasteiger partial charge in [-0.3, -0.25) is 9.59 Å². The molecule has 4 aliphatic rings. The summed E-state index contributed by atoms with van der Waals surface area (Å²) in [5, 5.41) is 10.1. The van der Waals surface area contributed by atoms with E-state index < -0.39 is 53.0 Å². The van der Waals surface area contributed by atoms with E-state index in [2.05, 4.69) is 6.07 Å². The number of hydrogen-bond acceptors (Lipinski definition) is 7. The maximum atomic E-state index is 12.9. The van der Waals surface area contributed by atoms with Crippen molar-refractivity contribution < 1.29 is 28.6 Å². The third-order valence-electron chi connectivity index (χ3n) is 8.19. The largest absolute Gasteiger partial charge is 0.457 e. The average Bonchev–Trinajstić information content (AvgIpc) is 3.28. The summed E-state index contributed by atoms with van der Waals surface area (Å²) in [6.07, 6.45) is 4.75. The Bertz CT molecular complexity index is 777. The zero-order valence-corrected chi connectivity index (χ0v) is 17.4. The standard InChI is InChI=1S/C22H29NO6/c1-4-20(2,3)18(25)27-11-15(24)28-16-13-10-14-17(16)29-19(26)22(14,12-23)21(13)8-6-5-7-9-21/h13-14,16-17H,4-11H2,1-3H3. The molecule has 3 saturated carbocycles. The molecule has 7 heteroatoms. The zero-order valence-electron chi connectivity index (χ0n) is 17.4. The van der Waals surface area contributed by atoms with Crippen LogP contribution in [0.5, 0.6) is 0 Å². The van der Waals surface area contributed by atoms with Gasteiger partial charge in [-0.05, 0) is 39.5 Å². The molecule has 2 bridgehead atoms. The van der Waals surface area contributed by atoms with Gasteiger partial charge in [0.15, 0.2) is 12.0 Å². The predicted octanol–water partition coefficient (Wildman–Crippen LogP) is 2.91. The van der Waals surface area contributed by atoms with E-state index in [1.807, 2.05) is 6.92 Å². The van der Waals surface area contributed by atoms with Crippen molar-refractivity contribution >= 4 is 17.9 Å². The van der Waals surface area contributed by atoms with E-state index in [1.165, 1.54) is 0 Å². The second-order valence-corrected chi connectivity index (χ2v) is 9.72. The van der Waals surface area contributed by atoms with Gasteiger partial charge in [-0.25, -0.2) is 4.79 Å². The summed E-state index contributed by atoms with van der Waals surface area (Å²) in [6, 6.07) is 2.36. The van der Waals surface area contributed by atoms with Gasteiger partial charge in [0.05, 0.1) is 11.5 Å². The van der Waals surface area contributed by atoms with Crippen molar-refractivity contribution in [2.24, 2.45) is 28.1 Å². The van der Waals surface area contributed by atoms with Gasteiger partial charge in [-0.2, -0.15) is 5.26 Å². The fraction of sp³-hybridized carbons (Fsp3) is 0.818. The summed E-state index contributed by atoms with van der Waals surface area (Å²) in [4.78, 5) is 37.4. The normalized spacial score (nSPS) is 36.6. The summed E-state index contributed by atoms with van der Waals surface area (Å²) in [5.41, 5.74) is -2.23. The summed E-state index contributed by atoms with van der Waals surface area (Å²) in [7, 11) is 0. The molecule has 158 valence electrons. The molecule has 29 heavy (non-hydrogen) atoms. The van der Waals surface area contributed by atoms with Gasteiger partial charge < -0.3 is 14.2 Å². The van der Waals surface area contributed by atoms with E-state index >= 15 is 0 Å². The number of nitriles is 1. The van der Waals surface area contributed by atoms with Crippen LogP contribution in [0.2, 0.25) is 0 Å². The maximum Gasteiger partial charge on any atom is 0.344 e. The highest BCUT2D eigenvalue weighted by Crippen LogP contribution is 2.74. The van der Waals surface area contributed by atoms with Crippen LogP contribution in [-0.4, -0.2) is 36.7 Å². The van der Waals surface area contributed by atoms with Crippen molar-refractivity contribution in [1.29, 1.82) is 5.26 Å². The lowest BCUT2D eigenvalue weighted by Crippen LogP contribution is -2.54. The third kappa shape index (κ3) is 2.57. The number of ether oxygens (including phenoxy) is 3. The molecule has 4 rings (SSSR count). The molecule has 0 radical (unpaired) electrons. The van der Waals surface area contributed by atoms with Gasteiger partial charge in [-0.15, -0.1) is 0 Å². The van der Waals surface area contributed by atoms with Gasteiger partial charge in [0.2, 0.25) is 0 Å². The first kappa shape index (κ1) is 20.2. The van der Waals surface area contributed by atoms with Crippen LogP contribution in [0.3, 0.4) is 0 Å². The number of carbonyl (C=O) groups excluding carboxylic acids is 3. The highest BCUT2D eigenvalue weighted by Gasteiger charge is 2.82. The Morgan fingerprint density at radius 1 is 1.24 bits per heavy atom. The minimum atomic E-state index is -1.09. The number of carbonyl (C=O) groups is 3. The van der Waals surface area contributed by atoms with E-state index in [4.69, 9.17) is 14.2 Å². The van der Waals surface area contributed by atoms with Crippen molar-refractivity contribution in [3.05, 3.63) is 0 Å². The van der Waals surface area contributed by atoms with Crippen LogP contribution in [-0.2, 0) is 28.6 Å². The quantitative estimate of drug-likeness (QED) is 0.513. The van der Waals surface area contributed by atoms with Crippen LogP contribution in [0.4, 0.5) is 0 Å². The van der Waals surface area contributed by atoms with Crippen molar-refractivity contribution in [3.8, 4) is 6.07 Å². The Labute approximate surface area is 171 Å². The Kier molecular flexibility index (Phi) is 4.67. The van der Waals surface area contributed by atoms with Crippen molar-refractivity contribution in [1.82, 2.24) is 0 Å². The van der Waals surface area contributed by atoms with Crippen molar-refractivity contribution in [2.45, 2.75) is 77.9 Å². The van der Waals surface area contributed by atoms with Gasteiger partial charge in [0, 0.05) is 17.3 Å². The van der Waals surface area contributed by atoms with E-state index in [9.17, 15) is 19.6 Å². The number of rotatable bonds is 5. The molecule has 1 saturated heterocycles. The molecular weight excluding hydrogens is 374 g/mol. The molecule has 5 unspecified atom stereocenters. The molecule has 1 heterocycles. The number of fused-ring (bicyclic) bond motifs is 3. The maximum absolute atomic E-state index is 12.9. The van der Waals surface area contributed by atoms with E-state index in [0.29, 0.717) is 12.8 Å². The molecule has 0 aromatic heterocycles. The average molecular weight is 403 g/mol. The lowest BCUT2D eigenvalue weighted by atomic mass is 9.51. The van der Waals surface area contributed by atoms with Crippen molar-refractivity contribution in [3.63, 3.8) is 0 Å². The summed E-state index contributed by atoms with van der Waals surface area (Å²) >= 11 is 0. The van der Waals surface area contributed by atoms with Gasteiger partial charge in [-0.1, -0.05) is 26.2 Å². The van der Waals surface area contributed by atoms with Crippen LogP contribution >= 0.6 is 0 Å². The van der Waals surface area contributed by atoms with Gasteiger partial charge in [0.25, 0.3) is 0 Å². The zero-order chi connectivity index (χ0) is 21.0. The first-order chi connectivity index (χ1) is 13.7. The molecule has 3 aliphatic carbocycles. The Hall–Kier alpha value is -2.10. The van der Waals surface area contributed by atoms with E-state index in [-0.39, 0.29) is 11.8 Å². The Morgan fingerprint density at radius 3 is 2.55 bits per heavy atom. The second kappa shape index (κ2) is 6.72. The van der Waals surface area contributed by atoms with Crippen LogP contribution in [0.15, 0.2) is 0 Å². The fourth-order valence-electron chi connectivity index (χ4n) is 6.33. The molecule has 1 aliphatic heterocycles. The highest BCUT2D eigenvalue weighted by atomic mass is 16.6. The summed E-state index contributed by atoms with van der Waals surface area (Å²) in [5.74, 6) is -1.78. The highest BCUT2D eigenvalue weighted by molar-refractivity contribution is 5.86. The molecule has 0 aromatic rings. The second-order valence-electron chi connectivity index (χ2n) is 9.72. The lowest BCUT2D eigenvalue weighted by Gasteiger charge is -2.48.